The van der Waals surface area contributed by atoms with Crippen LogP contribution in [0.1, 0.15) is 0 Å². The molecule has 0 N–H and O–H groups in total. The zero-order chi connectivity index (χ0) is 12.0. The van der Waals surface area contributed by atoms with E-state index in [-0.39, 0.29) is 0 Å². The second-order valence-electron chi connectivity index (χ2n) is 3.58. The first-order valence-corrected chi connectivity index (χ1v) is 7.07. The van der Waals surface area contributed by atoms with Gasteiger partial charge in [-0.05, 0) is 0 Å². The number of hydrogen-bond acceptors (Lipinski definition) is 0. The van der Waals surface area contributed by atoms with E-state index >= 15 is 0 Å². The molecule has 0 saturated heterocycles. The zero-order valence-corrected chi connectivity index (χ0v) is 9.08. The van der Waals surface area contributed by atoms with Crippen molar-refractivity contribution in [2.24, 2.45) is 0 Å². The third kappa shape index (κ3) is 1.52. The molecule has 86 valence electrons. The van der Waals surface area contributed by atoms with Gasteiger partial charge in [-0.25, -0.2) is 26.3 Å². The van der Waals surface area contributed by atoms with Crippen molar-refractivity contribution in [2.75, 3.05) is 0 Å². The fourth-order valence-corrected chi connectivity index (χ4v) is 2.69. The van der Waals surface area contributed by atoms with Gasteiger partial charge in [0.15, 0.2) is 34.8 Å². The van der Waals surface area contributed by atoms with Gasteiger partial charge in [0.2, 0.25) is 0 Å². The molecule has 0 unspecified atom stereocenters. The summed E-state index contributed by atoms with van der Waals surface area (Å²) in [5.41, 5.74) is 0. The molecule has 0 amide bonds. The van der Waals surface area contributed by atoms with Gasteiger partial charge in [0.25, 0.3) is 0 Å². The number of allylic oxidation sites excluding steroid dienone is 4. The van der Waals surface area contributed by atoms with E-state index in [0.717, 1.165) is 0 Å². The van der Waals surface area contributed by atoms with Crippen LogP contribution < -0.4 is 0 Å². The number of hydrogen-bond donors (Lipinski definition) is 0. The first-order chi connectivity index (χ1) is 6.74. The lowest BCUT2D eigenvalue weighted by Gasteiger charge is -2.32. The minimum atomic E-state index is -3.34. The third-order valence-corrected chi connectivity index (χ3v) is 4.59. The number of halogens is 6. The van der Waals surface area contributed by atoms with Gasteiger partial charge in [-0.2, -0.15) is 0 Å². The largest absolute Gasteiger partial charge is 0.237 e. The molecule has 0 spiro atoms. The highest BCUT2D eigenvalue weighted by Gasteiger charge is 2.56. The zero-order valence-electron chi connectivity index (χ0n) is 7.92. The molecule has 0 nitrogen and oxygen atoms in total. The van der Waals surface area contributed by atoms with E-state index in [4.69, 9.17) is 0 Å². The summed E-state index contributed by atoms with van der Waals surface area (Å²) in [6.07, 6.45) is -3.09. The van der Waals surface area contributed by atoms with Gasteiger partial charge in [-0.15, -0.1) is 0 Å². The van der Waals surface area contributed by atoms with Crippen LogP contribution in [0.15, 0.2) is 23.3 Å². The molecule has 2 atom stereocenters. The predicted octanol–water partition coefficient (Wildman–Crippen LogP) is 3.37. The van der Waals surface area contributed by atoms with Crippen LogP contribution in [-0.4, -0.2) is 20.3 Å². The van der Waals surface area contributed by atoms with E-state index < -0.39 is 43.6 Å². The standard InChI is InChI=1S/C8H8F6Si/c1-15(2)8(14)6(12)4(10)3(9)5(11)7(8)13/h6,15H,1-2H3/t6-,8+/m0/s1. The van der Waals surface area contributed by atoms with Crippen LogP contribution in [0.4, 0.5) is 26.3 Å². The average Bonchev–Trinajstić information content (AvgIpc) is 2.20. The smallest absolute Gasteiger partial charge is 0.196 e. The maximum atomic E-state index is 13.7. The van der Waals surface area contributed by atoms with Gasteiger partial charge in [-0.3, -0.25) is 0 Å². The van der Waals surface area contributed by atoms with Crippen LogP contribution >= 0.6 is 0 Å². The Labute approximate surface area is 83.9 Å². The topological polar surface area (TPSA) is 0 Å². The van der Waals surface area contributed by atoms with E-state index in [2.05, 4.69) is 0 Å². The van der Waals surface area contributed by atoms with Crippen molar-refractivity contribution in [3.63, 3.8) is 0 Å². The lowest BCUT2D eigenvalue weighted by Crippen LogP contribution is -2.49. The fourth-order valence-electron chi connectivity index (χ4n) is 1.32. The molecule has 0 heterocycles. The Bertz CT molecular complexity index is 347. The van der Waals surface area contributed by atoms with Gasteiger partial charge in [0.1, 0.15) is 0 Å². The predicted molar refractivity (Wildman–Crippen MR) is 46.1 cm³/mol. The minimum absolute atomic E-state index is 1.18. The molecular weight excluding hydrogens is 238 g/mol. The molecule has 0 bridgehead atoms. The van der Waals surface area contributed by atoms with Crippen LogP contribution in [0.3, 0.4) is 0 Å². The van der Waals surface area contributed by atoms with Crippen molar-refractivity contribution in [1.29, 1.82) is 0 Å². The highest BCUT2D eigenvalue weighted by molar-refractivity contribution is 6.60. The van der Waals surface area contributed by atoms with E-state index in [0.29, 0.717) is 0 Å². The van der Waals surface area contributed by atoms with Gasteiger partial charge in [0.05, 0.1) is 8.80 Å². The third-order valence-electron chi connectivity index (χ3n) is 2.36. The lowest BCUT2D eigenvalue weighted by molar-refractivity contribution is 0.119. The second kappa shape index (κ2) is 3.69. The Morgan fingerprint density at radius 3 is 1.93 bits per heavy atom. The molecule has 0 aromatic rings. The van der Waals surface area contributed by atoms with Gasteiger partial charge in [-0.1, -0.05) is 13.1 Å². The van der Waals surface area contributed by atoms with Crippen molar-refractivity contribution in [2.45, 2.75) is 24.6 Å². The Morgan fingerprint density at radius 2 is 1.53 bits per heavy atom. The molecule has 0 aromatic carbocycles. The molecule has 1 aliphatic carbocycles. The van der Waals surface area contributed by atoms with Crippen molar-refractivity contribution in [3.05, 3.63) is 23.3 Å². The summed E-state index contributed by atoms with van der Waals surface area (Å²) in [5, 5.41) is -3.34. The van der Waals surface area contributed by atoms with Gasteiger partial charge < -0.3 is 0 Å². The van der Waals surface area contributed by atoms with E-state index in [1.807, 2.05) is 0 Å². The molecular formula is C8H8F6Si. The second-order valence-corrected chi connectivity index (χ2v) is 6.72. The fraction of sp³-hybridized carbons (Fsp3) is 0.500. The van der Waals surface area contributed by atoms with Crippen LogP contribution in [0.5, 0.6) is 0 Å². The molecule has 1 aliphatic rings. The molecule has 15 heavy (non-hydrogen) atoms. The van der Waals surface area contributed by atoms with Crippen molar-refractivity contribution < 1.29 is 26.3 Å². The minimum Gasteiger partial charge on any atom is -0.237 e. The molecule has 1 rings (SSSR count). The van der Waals surface area contributed by atoms with E-state index in [9.17, 15) is 26.3 Å². The van der Waals surface area contributed by atoms with Crippen LogP contribution in [0.2, 0.25) is 13.1 Å². The first kappa shape index (κ1) is 12.3. The first-order valence-electron chi connectivity index (χ1n) is 4.18. The molecule has 0 fully saturated rings. The quantitative estimate of drug-likeness (QED) is 0.491. The monoisotopic (exact) mass is 246 g/mol. The molecule has 0 aromatic heterocycles. The van der Waals surface area contributed by atoms with Gasteiger partial charge >= 0.3 is 0 Å². The van der Waals surface area contributed by atoms with Crippen LogP contribution in [0.25, 0.3) is 0 Å². The number of alkyl halides is 2. The normalized spacial score (nSPS) is 33.0. The number of rotatable bonds is 1. The Hall–Kier alpha value is -0.723. The summed E-state index contributed by atoms with van der Waals surface area (Å²) in [5.74, 6) is -8.94. The highest BCUT2D eigenvalue weighted by atomic mass is 28.3. The summed E-state index contributed by atoms with van der Waals surface area (Å²) in [7, 11) is -2.74. The highest BCUT2D eigenvalue weighted by Crippen LogP contribution is 2.45. The van der Waals surface area contributed by atoms with Crippen molar-refractivity contribution >= 4 is 8.80 Å². The molecule has 0 saturated carbocycles. The molecule has 0 radical (unpaired) electrons. The molecule has 0 aliphatic heterocycles. The summed E-state index contributed by atoms with van der Waals surface area (Å²) in [4.78, 5) is 0. The van der Waals surface area contributed by atoms with E-state index in [1.165, 1.54) is 13.1 Å². The average molecular weight is 246 g/mol. The molecule has 7 heteroatoms. The van der Waals surface area contributed by atoms with Crippen molar-refractivity contribution in [1.82, 2.24) is 0 Å². The maximum Gasteiger partial charge on any atom is 0.196 e. The maximum absolute atomic E-state index is 13.7. The summed E-state index contributed by atoms with van der Waals surface area (Å²) >= 11 is 0. The van der Waals surface area contributed by atoms with E-state index in [1.54, 1.807) is 0 Å². The Morgan fingerprint density at radius 1 is 1.07 bits per heavy atom. The van der Waals surface area contributed by atoms with Crippen molar-refractivity contribution in [3.8, 4) is 0 Å². The lowest BCUT2D eigenvalue weighted by atomic mass is 10.1. The Balaban J connectivity index is 3.39. The van der Waals surface area contributed by atoms with Gasteiger partial charge in [0, 0.05) is 0 Å². The van der Waals surface area contributed by atoms with Crippen LogP contribution in [0, 0.1) is 0 Å². The summed E-state index contributed by atoms with van der Waals surface area (Å²) < 4.78 is 77.8. The summed E-state index contributed by atoms with van der Waals surface area (Å²) in [6.45, 7) is 2.35. The SMILES string of the molecule is C[SiH](C)[C@@]1(F)C(F)=C(F)C(F)=C(F)[C@@H]1F. The Kier molecular flexibility index (Phi) is 3.04. The summed E-state index contributed by atoms with van der Waals surface area (Å²) in [6, 6.07) is 0. The van der Waals surface area contributed by atoms with Crippen LogP contribution in [-0.2, 0) is 0 Å².